The lowest BCUT2D eigenvalue weighted by molar-refractivity contribution is 0.414. The molecule has 0 unspecified atom stereocenters. The molecule has 2 heterocycles. The summed E-state index contributed by atoms with van der Waals surface area (Å²) in [6, 6.07) is 11.9. The van der Waals surface area contributed by atoms with Crippen LogP contribution in [0.15, 0.2) is 42.6 Å². The van der Waals surface area contributed by atoms with Gasteiger partial charge in [-0.15, -0.1) is 0 Å². The van der Waals surface area contributed by atoms with Crippen molar-refractivity contribution in [2.24, 2.45) is 0 Å². The van der Waals surface area contributed by atoms with Crippen LogP contribution in [0.2, 0.25) is 0 Å². The van der Waals surface area contributed by atoms with Gasteiger partial charge >= 0.3 is 0 Å². The van der Waals surface area contributed by atoms with E-state index in [2.05, 4.69) is 30.3 Å². The maximum absolute atomic E-state index is 5.34. The van der Waals surface area contributed by atoms with Crippen LogP contribution in [0.3, 0.4) is 0 Å². The van der Waals surface area contributed by atoms with Crippen molar-refractivity contribution in [2.75, 3.05) is 7.11 Å². The first kappa shape index (κ1) is 13.6. The molecule has 0 aliphatic heterocycles. The molecule has 3 aromatic rings. The Morgan fingerprint density at radius 1 is 1.10 bits per heavy atom. The monoisotopic (exact) mass is 281 g/mol. The lowest BCUT2D eigenvalue weighted by Crippen LogP contribution is -2.18. The highest BCUT2D eigenvalue weighted by Gasteiger charge is 2.24. The van der Waals surface area contributed by atoms with E-state index in [1.165, 1.54) is 0 Å². The summed E-state index contributed by atoms with van der Waals surface area (Å²) in [5.74, 6) is 1.81. The quantitative estimate of drug-likeness (QED) is 0.718. The van der Waals surface area contributed by atoms with E-state index in [9.17, 15) is 0 Å². The Labute approximate surface area is 124 Å². The van der Waals surface area contributed by atoms with E-state index >= 15 is 0 Å². The Bertz CT molecular complexity index is 784. The topological polar surface area (TPSA) is 39.9 Å². The Morgan fingerprint density at radius 3 is 2.62 bits per heavy atom. The molecule has 0 fully saturated rings. The van der Waals surface area contributed by atoms with Gasteiger partial charge in [-0.05, 0) is 24.3 Å². The van der Waals surface area contributed by atoms with E-state index in [1.807, 2.05) is 36.4 Å². The number of aromatic nitrogens is 3. The standard InChI is InChI=1S/C17H19N3O/c1-17(2,3)16-19-14-9-6-10-18-15(14)20(16)12-7-5-8-13(11-12)21-4/h5-11H,1-4H3. The molecule has 21 heavy (non-hydrogen) atoms. The van der Waals surface area contributed by atoms with Crippen LogP contribution >= 0.6 is 0 Å². The van der Waals surface area contributed by atoms with Gasteiger partial charge in [0.25, 0.3) is 0 Å². The van der Waals surface area contributed by atoms with Gasteiger partial charge in [-0.1, -0.05) is 26.8 Å². The molecule has 0 saturated heterocycles. The van der Waals surface area contributed by atoms with Crippen molar-refractivity contribution in [2.45, 2.75) is 26.2 Å². The van der Waals surface area contributed by atoms with Gasteiger partial charge in [0.05, 0.1) is 12.8 Å². The van der Waals surface area contributed by atoms with E-state index in [0.29, 0.717) is 0 Å². The molecular formula is C17H19N3O. The van der Waals surface area contributed by atoms with Crippen LogP contribution in [-0.4, -0.2) is 21.6 Å². The summed E-state index contributed by atoms with van der Waals surface area (Å²) < 4.78 is 7.45. The average Bonchev–Trinajstić information content (AvgIpc) is 2.87. The molecule has 1 aromatic carbocycles. The van der Waals surface area contributed by atoms with Gasteiger partial charge in [0.2, 0.25) is 0 Å². The number of rotatable bonds is 2. The van der Waals surface area contributed by atoms with Crippen LogP contribution in [0.1, 0.15) is 26.6 Å². The third kappa shape index (κ3) is 2.37. The summed E-state index contributed by atoms with van der Waals surface area (Å²) in [6.07, 6.45) is 1.80. The molecule has 108 valence electrons. The summed E-state index contributed by atoms with van der Waals surface area (Å²) in [4.78, 5) is 9.28. The third-order valence-electron chi connectivity index (χ3n) is 3.40. The van der Waals surface area contributed by atoms with Crippen LogP contribution in [0.25, 0.3) is 16.9 Å². The molecular weight excluding hydrogens is 262 g/mol. The maximum Gasteiger partial charge on any atom is 0.164 e. The number of ether oxygens (including phenoxy) is 1. The second kappa shape index (κ2) is 4.88. The first-order chi connectivity index (χ1) is 10.0. The highest BCUT2D eigenvalue weighted by atomic mass is 16.5. The SMILES string of the molecule is COc1cccc(-n2c(C(C)(C)C)nc3cccnc32)c1. The number of benzene rings is 1. The first-order valence-electron chi connectivity index (χ1n) is 6.99. The first-order valence-corrected chi connectivity index (χ1v) is 6.99. The van der Waals surface area contributed by atoms with E-state index < -0.39 is 0 Å². The van der Waals surface area contributed by atoms with Crippen LogP contribution in [0.5, 0.6) is 5.75 Å². The molecule has 0 amide bonds. The highest BCUT2D eigenvalue weighted by Crippen LogP contribution is 2.29. The number of hydrogen-bond acceptors (Lipinski definition) is 3. The zero-order chi connectivity index (χ0) is 15.0. The molecule has 0 saturated carbocycles. The van der Waals surface area contributed by atoms with Crippen molar-refractivity contribution in [1.29, 1.82) is 0 Å². The fourth-order valence-corrected chi connectivity index (χ4v) is 2.41. The van der Waals surface area contributed by atoms with Crippen LogP contribution in [0, 0.1) is 0 Å². The molecule has 0 aliphatic rings. The Balaban J connectivity index is 2.33. The van der Waals surface area contributed by atoms with Gasteiger partial charge in [0.1, 0.15) is 17.1 Å². The lowest BCUT2D eigenvalue weighted by atomic mass is 9.95. The fourth-order valence-electron chi connectivity index (χ4n) is 2.41. The minimum Gasteiger partial charge on any atom is -0.497 e. The molecule has 3 rings (SSSR count). The van der Waals surface area contributed by atoms with Crippen molar-refractivity contribution < 1.29 is 4.74 Å². The lowest BCUT2D eigenvalue weighted by Gasteiger charge is -2.20. The van der Waals surface area contributed by atoms with Gasteiger partial charge in [-0.25, -0.2) is 9.97 Å². The molecule has 0 spiro atoms. The molecule has 0 N–H and O–H groups in total. The molecule has 0 bridgehead atoms. The van der Waals surface area contributed by atoms with Gasteiger partial charge in [0.15, 0.2) is 5.65 Å². The predicted octanol–water partition coefficient (Wildman–Crippen LogP) is 3.73. The Morgan fingerprint density at radius 2 is 1.90 bits per heavy atom. The van der Waals surface area contributed by atoms with E-state index in [1.54, 1.807) is 13.3 Å². The van der Waals surface area contributed by atoms with Gasteiger partial charge in [-0.2, -0.15) is 0 Å². The largest absolute Gasteiger partial charge is 0.497 e. The summed E-state index contributed by atoms with van der Waals surface area (Å²) in [7, 11) is 1.67. The highest BCUT2D eigenvalue weighted by molar-refractivity contribution is 5.74. The number of hydrogen-bond donors (Lipinski definition) is 0. The second-order valence-electron chi connectivity index (χ2n) is 6.07. The molecule has 0 atom stereocenters. The molecule has 4 nitrogen and oxygen atoms in total. The number of nitrogens with zero attached hydrogens (tertiary/aromatic N) is 3. The Kier molecular flexibility index (Phi) is 3.16. The van der Waals surface area contributed by atoms with Gasteiger partial charge in [0, 0.05) is 17.7 Å². The normalized spacial score (nSPS) is 11.8. The number of fused-ring (bicyclic) bond motifs is 1. The smallest absolute Gasteiger partial charge is 0.164 e. The maximum atomic E-state index is 5.34. The van der Waals surface area contributed by atoms with Crippen molar-refractivity contribution in [3.63, 3.8) is 0 Å². The molecule has 0 aliphatic carbocycles. The van der Waals surface area contributed by atoms with Crippen molar-refractivity contribution in [3.8, 4) is 11.4 Å². The van der Waals surface area contributed by atoms with E-state index in [-0.39, 0.29) is 5.41 Å². The number of imidazole rings is 1. The molecule has 0 radical (unpaired) electrons. The summed E-state index contributed by atoms with van der Waals surface area (Å²) in [5, 5.41) is 0. The average molecular weight is 281 g/mol. The van der Waals surface area contributed by atoms with E-state index in [4.69, 9.17) is 9.72 Å². The van der Waals surface area contributed by atoms with Crippen LogP contribution < -0.4 is 4.74 Å². The van der Waals surface area contributed by atoms with E-state index in [0.717, 1.165) is 28.4 Å². The zero-order valence-electron chi connectivity index (χ0n) is 12.8. The molecule has 4 heteroatoms. The fraction of sp³-hybridized carbons (Fsp3) is 0.294. The Hall–Kier alpha value is -2.36. The third-order valence-corrected chi connectivity index (χ3v) is 3.40. The predicted molar refractivity (Wildman–Crippen MR) is 84.1 cm³/mol. The summed E-state index contributed by atoms with van der Waals surface area (Å²) in [5.41, 5.74) is 2.71. The minimum atomic E-state index is -0.0796. The zero-order valence-corrected chi connectivity index (χ0v) is 12.8. The van der Waals surface area contributed by atoms with Crippen LogP contribution in [0.4, 0.5) is 0 Å². The second-order valence-corrected chi connectivity index (χ2v) is 6.07. The van der Waals surface area contributed by atoms with Crippen molar-refractivity contribution in [3.05, 3.63) is 48.4 Å². The van der Waals surface area contributed by atoms with Gasteiger partial charge < -0.3 is 4.74 Å². The van der Waals surface area contributed by atoms with Gasteiger partial charge in [-0.3, -0.25) is 4.57 Å². The summed E-state index contributed by atoms with van der Waals surface area (Å²) in [6.45, 7) is 6.47. The summed E-state index contributed by atoms with van der Waals surface area (Å²) >= 11 is 0. The minimum absolute atomic E-state index is 0.0796. The molecule has 2 aromatic heterocycles. The van der Waals surface area contributed by atoms with Crippen LogP contribution in [-0.2, 0) is 5.41 Å². The number of pyridine rings is 1. The van der Waals surface area contributed by atoms with Crippen molar-refractivity contribution in [1.82, 2.24) is 14.5 Å². The van der Waals surface area contributed by atoms with Crippen molar-refractivity contribution >= 4 is 11.2 Å². The number of methoxy groups -OCH3 is 1.